The number of aromatic nitrogens is 1. The molecule has 8 nitrogen and oxygen atoms in total. The lowest BCUT2D eigenvalue weighted by molar-refractivity contribution is -0.126. The molecule has 1 amide bonds. The summed E-state index contributed by atoms with van der Waals surface area (Å²) in [6.07, 6.45) is 0.876. The number of nitrogens with one attached hydrogen (secondary N) is 3. The number of oxime groups is 1. The van der Waals surface area contributed by atoms with Gasteiger partial charge in [-0.3, -0.25) is 4.79 Å². The molecular weight excluding hydrogens is 401 g/mol. The molecule has 2 aliphatic rings. The molecule has 2 aromatic carbocycles. The summed E-state index contributed by atoms with van der Waals surface area (Å²) in [7, 11) is 0. The van der Waals surface area contributed by atoms with Crippen LogP contribution in [0.4, 0.5) is 10.1 Å². The summed E-state index contributed by atoms with van der Waals surface area (Å²) in [5.41, 5.74) is 2.95. The third-order valence-corrected chi connectivity index (χ3v) is 5.37. The minimum Gasteiger partial charge on any atom is -0.494 e. The fourth-order valence-corrected chi connectivity index (χ4v) is 3.93. The monoisotopic (exact) mass is 421 g/mol. The van der Waals surface area contributed by atoms with Crippen LogP contribution in [0.5, 0.6) is 5.88 Å². The van der Waals surface area contributed by atoms with Gasteiger partial charge in [-0.25, -0.2) is 9.38 Å². The van der Waals surface area contributed by atoms with E-state index in [0.29, 0.717) is 39.1 Å². The molecule has 0 saturated carbocycles. The molecule has 1 atom stereocenters. The Morgan fingerprint density at radius 2 is 2.19 bits per heavy atom. The maximum absolute atomic E-state index is 13.9. The number of aromatic hydroxyl groups is 1. The molecule has 0 spiro atoms. The first-order chi connectivity index (χ1) is 15.1. The Labute approximate surface area is 176 Å². The number of halogens is 1. The summed E-state index contributed by atoms with van der Waals surface area (Å²) in [6, 6.07) is 11.6. The number of fused-ring (bicyclic) bond motifs is 2. The molecule has 9 heteroatoms. The number of carbonyl (C=O) groups is 1. The molecule has 3 heterocycles. The lowest BCUT2D eigenvalue weighted by Crippen LogP contribution is -2.38. The molecule has 5 rings (SSSR count). The Bertz CT molecular complexity index is 1230. The van der Waals surface area contributed by atoms with E-state index in [4.69, 9.17) is 4.84 Å². The minimum atomic E-state index is -0.434. The summed E-state index contributed by atoms with van der Waals surface area (Å²) in [5.74, 6) is -0.845. The van der Waals surface area contributed by atoms with Gasteiger partial charge in [0.2, 0.25) is 0 Å². The number of benzene rings is 2. The van der Waals surface area contributed by atoms with Crippen LogP contribution in [-0.4, -0.2) is 53.2 Å². The van der Waals surface area contributed by atoms with E-state index in [0.717, 1.165) is 19.5 Å². The molecule has 1 saturated heterocycles. The van der Waals surface area contributed by atoms with Crippen molar-refractivity contribution in [1.82, 2.24) is 15.6 Å². The summed E-state index contributed by atoms with van der Waals surface area (Å²) >= 11 is 0. The van der Waals surface area contributed by atoms with Gasteiger partial charge in [0.1, 0.15) is 17.2 Å². The summed E-state index contributed by atoms with van der Waals surface area (Å²) < 4.78 is 13.9. The van der Waals surface area contributed by atoms with Crippen molar-refractivity contribution in [2.75, 3.05) is 19.7 Å². The molecule has 1 unspecified atom stereocenters. The maximum atomic E-state index is 13.9. The molecule has 0 radical (unpaired) electrons. The third kappa shape index (κ3) is 3.64. The van der Waals surface area contributed by atoms with E-state index in [2.05, 4.69) is 25.8 Å². The quantitative estimate of drug-likeness (QED) is 0.474. The summed E-state index contributed by atoms with van der Waals surface area (Å²) in [6.45, 7) is 1.37. The maximum Gasteiger partial charge on any atom is 0.261 e. The number of H-pyrrole nitrogens is 1. The van der Waals surface area contributed by atoms with Crippen molar-refractivity contribution in [2.24, 2.45) is 10.1 Å². The molecule has 0 aliphatic carbocycles. The molecule has 0 bridgehead atoms. The SMILES string of the molecule is O=C(CO/N=C1/C(c2c(O)[nH]c3ccc(F)cc23)=Nc2ccccc21)NC1CCNC1. The number of carbonyl (C=O) groups excluding carboxylic acids is 1. The first-order valence-corrected chi connectivity index (χ1v) is 9.99. The van der Waals surface area contributed by atoms with E-state index in [9.17, 15) is 14.3 Å². The van der Waals surface area contributed by atoms with E-state index >= 15 is 0 Å². The highest BCUT2D eigenvalue weighted by Crippen LogP contribution is 2.35. The average Bonchev–Trinajstić information content (AvgIpc) is 3.45. The molecule has 4 N–H and O–H groups in total. The Kier molecular flexibility index (Phi) is 4.87. The minimum absolute atomic E-state index is 0.0890. The molecule has 1 fully saturated rings. The van der Waals surface area contributed by atoms with Gasteiger partial charge >= 0.3 is 0 Å². The molecule has 2 aliphatic heterocycles. The largest absolute Gasteiger partial charge is 0.494 e. The van der Waals surface area contributed by atoms with Crippen LogP contribution in [0, 0.1) is 5.82 Å². The van der Waals surface area contributed by atoms with Crippen molar-refractivity contribution in [3.8, 4) is 5.88 Å². The Morgan fingerprint density at radius 1 is 1.32 bits per heavy atom. The second-order valence-corrected chi connectivity index (χ2v) is 7.49. The molecule has 1 aromatic heterocycles. The molecule has 3 aromatic rings. The predicted octanol–water partition coefficient (Wildman–Crippen LogP) is 2.35. The highest BCUT2D eigenvalue weighted by molar-refractivity contribution is 6.58. The number of aromatic amines is 1. The number of hydrogen-bond acceptors (Lipinski definition) is 6. The smallest absolute Gasteiger partial charge is 0.261 e. The number of hydrogen-bond donors (Lipinski definition) is 4. The summed E-state index contributed by atoms with van der Waals surface area (Å²) in [5, 5.41) is 21.3. The van der Waals surface area contributed by atoms with Crippen molar-refractivity contribution < 1.29 is 19.1 Å². The second-order valence-electron chi connectivity index (χ2n) is 7.49. The van der Waals surface area contributed by atoms with E-state index < -0.39 is 5.82 Å². The van der Waals surface area contributed by atoms with Gasteiger partial charge in [0, 0.05) is 29.1 Å². The van der Waals surface area contributed by atoms with E-state index in [-0.39, 0.29) is 24.4 Å². The van der Waals surface area contributed by atoms with Crippen LogP contribution in [0.1, 0.15) is 17.5 Å². The van der Waals surface area contributed by atoms with E-state index in [1.165, 1.54) is 12.1 Å². The molecule has 158 valence electrons. The van der Waals surface area contributed by atoms with Gasteiger partial charge in [0.25, 0.3) is 5.91 Å². The first kappa shape index (κ1) is 19.3. The zero-order chi connectivity index (χ0) is 21.4. The van der Waals surface area contributed by atoms with Crippen LogP contribution < -0.4 is 10.6 Å². The Hall–Kier alpha value is -3.72. The van der Waals surface area contributed by atoms with Crippen LogP contribution in [0.25, 0.3) is 10.9 Å². The van der Waals surface area contributed by atoms with Gasteiger partial charge in [0.15, 0.2) is 12.5 Å². The zero-order valence-corrected chi connectivity index (χ0v) is 16.5. The number of amides is 1. The van der Waals surface area contributed by atoms with Crippen molar-refractivity contribution in [3.05, 3.63) is 59.4 Å². The van der Waals surface area contributed by atoms with Gasteiger partial charge in [-0.1, -0.05) is 23.4 Å². The highest BCUT2D eigenvalue weighted by atomic mass is 19.1. The van der Waals surface area contributed by atoms with Crippen LogP contribution >= 0.6 is 0 Å². The topological polar surface area (TPSA) is 111 Å². The van der Waals surface area contributed by atoms with Crippen molar-refractivity contribution in [3.63, 3.8) is 0 Å². The zero-order valence-electron chi connectivity index (χ0n) is 16.5. The van der Waals surface area contributed by atoms with Gasteiger partial charge in [-0.15, -0.1) is 0 Å². The van der Waals surface area contributed by atoms with Gasteiger partial charge < -0.3 is 25.6 Å². The Morgan fingerprint density at radius 3 is 3.03 bits per heavy atom. The highest BCUT2D eigenvalue weighted by Gasteiger charge is 2.29. The van der Waals surface area contributed by atoms with Crippen LogP contribution in [0.15, 0.2) is 52.6 Å². The fourth-order valence-electron chi connectivity index (χ4n) is 3.93. The average molecular weight is 421 g/mol. The van der Waals surface area contributed by atoms with Crippen LogP contribution in [0.3, 0.4) is 0 Å². The normalized spacial score (nSPS) is 18.9. The van der Waals surface area contributed by atoms with Crippen molar-refractivity contribution in [2.45, 2.75) is 12.5 Å². The van der Waals surface area contributed by atoms with Crippen LogP contribution in [-0.2, 0) is 9.63 Å². The number of rotatable bonds is 5. The van der Waals surface area contributed by atoms with Gasteiger partial charge in [0.05, 0.1) is 11.3 Å². The van der Waals surface area contributed by atoms with Gasteiger partial charge in [-0.2, -0.15) is 0 Å². The molecule has 31 heavy (non-hydrogen) atoms. The standard InChI is InChI=1S/C22H20FN5O3/c23-12-5-6-17-15(9-12)19(22(30)27-17)21-20(14-3-1-2-4-16(14)26-21)28-31-11-18(29)25-13-7-8-24-10-13/h1-6,9,13,24,27,30H,7-8,10-11H2,(H,25,29)/b28-20+. The van der Waals surface area contributed by atoms with Gasteiger partial charge in [-0.05, 0) is 37.2 Å². The first-order valence-electron chi connectivity index (χ1n) is 9.99. The van der Waals surface area contributed by atoms with Crippen molar-refractivity contribution in [1.29, 1.82) is 0 Å². The molecular formula is C22H20FN5O3. The fraction of sp³-hybridized carbons (Fsp3) is 0.227. The summed E-state index contributed by atoms with van der Waals surface area (Å²) in [4.78, 5) is 24.9. The van der Waals surface area contributed by atoms with E-state index in [1.807, 2.05) is 24.3 Å². The van der Waals surface area contributed by atoms with Crippen molar-refractivity contribution >= 4 is 33.9 Å². The number of para-hydroxylation sites is 1. The van der Waals surface area contributed by atoms with E-state index in [1.54, 1.807) is 6.07 Å². The predicted molar refractivity (Wildman–Crippen MR) is 114 cm³/mol. The Balaban J connectivity index is 1.46. The number of nitrogens with zero attached hydrogens (tertiary/aromatic N) is 2. The second kappa shape index (κ2) is 7.84. The third-order valence-electron chi connectivity index (χ3n) is 5.37. The lowest BCUT2D eigenvalue weighted by atomic mass is 10.0. The van der Waals surface area contributed by atoms with Crippen LogP contribution in [0.2, 0.25) is 0 Å². The number of aliphatic imine (C=N–C) groups is 1. The lowest BCUT2D eigenvalue weighted by Gasteiger charge is -2.10.